The number of alkyl halides is 3. The molecule has 1 aliphatic rings. The summed E-state index contributed by atoms with van der Waals surface area (Å²) >= 11 is 0. The molecule has 0 unspecified atom stereocenters. The Kier molecular flexibility index (Phi) is 6.30. The zero-order valence-electron chi connectivity index (χ0n) is 13.1. The zero-order chi connectivity index (χ0) is 17.6. The number of nitrogens with one attached hydrogen (secondary N) is 2. The molecule has 24 heavy (non-hydrogen) atoms. The average molecular weight is 346 g/mol. The van der Waals surface area contributed by atoms with Crippen LogP contribution in [-0.4, -0.2) is 36.6 Å². The van der Waals surface area contributed by atoms with Crippen LogP contribution < -0.4 is 15.4 Å². The van der Waals surface area contributed by atoms with Gasteiger partial charge in [0.15, 0.2) is 6.61 Å². The minimum Gasteiger partial charge on any atom is -0.482 e. The summed E-state index contributed by atoms with van der Waals surface area (Å²) in [7, 11) is 0. The minimum atomic E-state index is -4.44. The first-order chi connectivity index (χ1) is 11.4. The Morgan fingerprint density at radius 1 is 1.21 bits per heavy atom. The fourth-order valence-electron chi connectivity index (χ4n) is 2.69. The number of para-hydroxylation sites is 2. The molecule has 0 aromatic heterocycles. The van der Waals surface area contributed by atoms with Gasteiger partial charge in [-0.3, -0.25) is 0 Å². The smallest absolute Gasteiger partial charge is 0.422 e. The van der Waals surface area contributed by atoms with Gasteiger partial charge in [-0.15, -0.1) is 0 Å². The summed E-state index contributed by atoms with van der Waals surface area (Å²) in [6.07, 6.45) is -1.23. The maximum absolute atomic E-state index is 12.3. The number of rotatable bonds is 5. The van der Waals surface area contributed by atoms with Crippen LogP contribution >= 0.6 is 0 Å². The Morgan fingerprint density at radius 2 is 1.88 bits per heavy atom. The van der Waals surface area contributed by atoms with E-state index in [4.69, 9.17) is 9.84 Å². The molecule has 0 atom stereocenters. The number of benzene rings is 1. The highest BCUT2D eigenvalue weighted by Gasteiger charge is 2.29. The van der Waals surface area contributed by atoms with Crippen LogP contribution in [0.25, 0.3) is 0 Å². The van der Waals surface area contributed by atoms with Crippen molar-refractivity contribution in [1.82, 2.24) is 5.32 Å². The molecule has 134 valence electrons. The van der Waals surface area contributed by atoms with Crippen molar-refractivity contribution in [2.75, 3.05) is 18.5 Å². The van der Waals surface area contributed by atoms with Gasteiger partial charge in [-0.25, -0.2) is 4.79 Å². The van der Waals surface area contributed by atoms with Gasteiger partial charge >= 0.3 is 12.2 Å². The first-order valence-electron chi connectivity index (χ1n) is 7.84. The van der Waals surface area contributed by atoms with Crippen molar-refractivity contribution in [3.8, 4) is 5.75 Å². The van der Waals surface area contributed by atoms with Gasteiger partial charge in [0.2, 0.25) is 0 Å². The number of carbonyl (C=O) groups excluding carboxylic acids is 1. The number of amides is 2. The summed E-state index contributed by atoms with van der Waals surface area (Å²) in [5, 5.41) is 14.4. The number of aliphatic hydroxyl groups is 1. The predicted octanol–water partition coefficient (Wildman–Crippen LogP) is 3.30. The van der Waals surface area contributed by atoms with Crippen LogP contribution in [0.2, 0.25) is 0 Å². The van der Waals surface area contributed by atoms with Crippen molar-refractivity contribution in [3.63, 3.8) is 0 Å². The number of aliphatic hydroxyl groups excluding tert-OH is 1. The lowest BCUT2D eigenvalue weighted by atomic mass is 9.87. The molecule has 1 aromatic rings. The summed E-state index contributed by atoms with van der Waals surface area (Å²) in [5.74, 6) is 0.247. The summed E-state index contributed by atoms with van der Waals surface area (Å²) < 4.78 is 41.5. The second kappa shape index (κ2) is 8.23. The Morgan fingerprint density at radius 3 is 2.50 bits per heavy atom. The second-order valence-corrected chi connectivity index (χ2v) is 5.90. The number of carbonyl (C=O) groups is 1. The molecule has 0 radical (unpaired) electrons. The molecule has 1 saturated carbocycles. The molecule has 0 aliphatic heterocycles. The van der Waals surface area contributed by atoms with Gasteiger partial charge < -0.3 is 20.5 Å². The van der Waals surface area contributed by atoms with E-state index in [1.807, 2.05) is 0 Å². The summed E-state index contributed by atoms with van der Waals surface area (Å²) in [4.78, 5) is 12.0. The molecule has 1 aliphatic carbocycles. The Balaban J connectivity index is 1.87. The van der Waals surface area contributed by atoms with Crippen LogP contribution in [0.4, 0.5) is 23.7 Å². The lowest BCUT2D eigenvalue weighted by Crippen LogP contribution is -2.40. The summed E-state index contributed by atoms with van der Waals surface area (Å²) in [5.41, 5.74) is 0.184. The van der Waals surface area contributed by atoms with Gasteiger partial charge in [-0.05, 0) is 43.7 Å². The van der Waals surface area contributed by atoms with Gasteiger partial charge in [-0.1, -0.05) is 12.1 Å². The molecular weight excluding hydrogens is 325 g/mol. The van der Waals surface area contributed by atoms with Crippen molar-refractivity contribution in [2.24, 2.45) is 5.92 Å². The van der Waals surface area contributed by atoms with Gasteiger partial charge in [-0.2, -0.15) is 13.2 Å². The molecule has 1 aromatic carbocycles. The third kappa shape index (κ3) is 5.92. The van der Waals surface area contributed by atoms with Crippen molar-refractivity contribution >= 4 is 11.7 Å². The number of hydrogen-bond donors (Lipinski definition) is 3. The molecule has 0 spiro atoms. The van der Waals surface area contributed by atoms with Crippen LogP contribution in [0.3, 0.4) is 0 Å². The van der Waals surface area contributed by atoms with Crippen LogP contribution in [0.5, 0.6) is 5.75 Å². The van der Waals surface area contributed by atoms with Gasteiger partial charge in [0, 0.05) is 12.6 Å². The largest absolute Gasteiger partial charge is 0.482 e. The van der Waals surface area contributed by atoms with Gasteiger partial charge in [0.25, 0.3) is 0 Å². The third-order valence-electron chi connectivity index (χ3n) is 3.97. The molecule has 8 heteroatoms. The van der Waals surface area contributed by atoms with Gasteiger partial charge in [0.1, 0.15) is 5.75 Å². The zero-order valence-corrected chi connectivity index (χ0v) is 13.1. The molecule has 1 fully saturated rings. The molecule has 3 N–H and O–H groups in total. The Bertz CT molecular complexity index is 544. The molecular formula is C16H21F3N2O3. The van der Waals surface area contributed by atoms with Gasteiger partial charge in [0.05, 0.1) is 5.69 Å². The second-order valence-electron chi connectivity index (χ2n) is 5.90. The van der Waals surface area contributed by atoms with Crippen LogP contribution in [-0.2, 0) is 0 Å². The van der Waals surface area contributed by atoms with Crippen LogP contribution in [0.1, 0.15) is 25.7 Å². The molecule has 5 nitrogen and oxygen atoms in total. The van der Waals surface area contributed by atoms with Crippen molar-refractivity contribution < 1.29 is 27.8 Å². The van der Waals surface area contributed by atoms with Crippen molar-refractivity contribution in [1.29, 1.82) is 0 Å². The number of urea groups is 1. The number of anilines is 1. The van der Waals surface area contributed by atoms with E-state index in [9.17, 15) is 18.0 Å². The van der Waals surface area contributed by atoms with E-state index < -0.39 is 18.8 Å². The lowest BCUT2D eigenvalue weighted by molar-refractivity contribution is -0.153. The Hall–Kier alpha value is -1.96. The highest BCUT2D eigenvalue weighted by atomic mass is 19.4. The average Bonchev–Trinajstić information content (AvgIpc) is 2.54. The standard InChI is InChI=1S/C16H21F3N2O3/c17-16(18,19)10-24-14-4-2-1-3-13(14)21-15(23)20-12-7-5-11(9-22)6-8-12/h1-4,11-12,22H,5-10H2,(H2,20,21,23). The van der Waals surface area contributed by atoms with E-state index in [-0.39, 0.29) is 30.0 Å². The summed E-state index contributed by atoms with van der Waals surface area (Å²) in [6, 6.07) is 5.50. The first kappa shape index (κ1) is 18.4. The first-order valence-corrected chi connectivity index (χ1v) is 7.84. The van der Waals surface area contributed by atoms with E-state index in [1.54, 1.807) is 6.07 Å². The number of hydrogen-bond acceptors (Lipinski definition) is 3. The van der Waals surface area contributed by atoms with E-state index in [0.717, 1.165) is 25.7 Å². The van der Waals surface area contributed by atoms with Crippen LogP contribution in [0.15, 0.2) is 24.3 Å². The monoisotopic (exact) mass is 346 g/mol. The number of halogens is 3. The van der Waals surface area contributed by atoms with E-state index in [1.165, 1.54) is 18.2 Å². The fourth-order valence-corrected chi connectivity index (χ4v) is 2.69. The van der Waals surface area contributed by atoms with E-state index >= 15 is 0 Å². The molecule has 0 heterocycles. The maximum Gasteiger partial charge on any atom is 0.422 e. The molecule has 0 bridgehead atoms. The molecule has 2 amide bonds. The van der Waals surface area contributed by atoms with Crippen molar-refractivity contribution in [2.45, 2.75) is 37.9 Å². The third-order valence-corrected chi connectivity index (χ3v) is 3.97. The minimum absolute atomic E-state index is 0.00365. The highest BCUT2D eigenvalue weighted by molar-refractivity contribution is 5.91. The van der Waals surface area contributed by atoms with Crippen LogP contribution in [0, 0.1) is 5.92 Å². The Labute approximate surface area is 138 Å². The van der Waals surface area contributed by atoms with E-state index in [2.05, 4.69) is 10.6 Å². The normalized spacial score (nSPS) is 21.2. The fraction of sp³-hybridized carbons (Fsp3) is 0.562. The highest BCUT2D eigenvalue weighted by Crippen LogP contribution is 2.27. The lowest BCUT2D eigenvalue weighted by Gasteiger charge is -2.28. The maximum atomic E-state index is 12.3. The number of ether oxygens (including phenoxy) is 1. The SMILES string of the molecule is O=C(Nc1ccccc1OCC(F)(F)F)NC1CCC(CO)CC1. The topological polar surface area (TPSA) is 70.6 Å². The summed E-state index contributed by atoms with van der Waals surface area (Å²) in [6.45, 7) is -1.26. The van der Waals surface area contributed by atoms with E-state index in [0.29, 0.717) is 0 Å². The quantitative estimate of drug-likeness (QED) is 0.766. The molecule has 2 rings (SSSR count). The van der Waals surface area contributed by atoms with Crippen molar-refractivity contribution in [3.05, 3.63) is 24.3 Å². The molecule has 0 saturated heterocycles. The predicted molar refractivity (Wildman–Crippen MR) is 83.0 cm³/mol.